The molecule has 3 aromatic rings. The summed E-state index contributed by atoms with van der Waals surface area (Å²) < 4.78 is 2.74. The van der Waals surface area contributed by atoms with Gasteiger partial charge in [0, 0.05) is 27.5 Å². The first-order chi connectivity index (χ1) is 16.4. The first kappa shape index (κ1) is 25.1. The molecule has 1 aromatic carbocycles. The van der Waals surface area contributed by atoms with Crippen molar-refractivity contribution in [2.75, 3.05) is 31.7 Å². The monoisotopic (exact) mass is 561 g/mol. The lowest BCUT2D eigenvalue weighted by Gasteiger charge is -2.20. The molecule has 1 amide bonds. The molecule has 10 heteroatoms. The largest absolute Gasteiger partial charge is 0.309 e. The number of aromatic nitrogens is 3. The number of amides is 1. The predicted octanol–water partition coefficient (Wildman–Crippen LogP) is 4.69. The minimum Gasteiger partial charge on any atom is -0.309 e. The third-order valence-electron chi connectivity index (χ3n) is 5.59. The highest BCUT2D eigenvalue weighted by Gasteiger charge is 2.20. The number of thioether (sulfide) groups is 1. The van der Waals surface area contributed by atoms with E-state index in [4.69, 9.17) is 4.98 Å². The van der Waals surface area contributed by atoms with Gasteiger partial charge in [0.15, 0.2) is 10.3 Å². The third kappa shape index (κ3) is 6.35. The number of carbonyl (C=O) groups excluding carboxylic acids is 1. The highest BCUT2D eigenvalue weighted by molar-refractivity contribution is 9.10. The zero-order chi connectivity index (χ0) is 24.1. The maximum Gasteiger partial charge on any atom is 0.257 e. The summed E-state index contributed by atoms with van der Waals surface area (Å²) >= 11 is 6.19. The maximum absolute atomic E-state index is 13.2. The summed E-state index contributed by atoms with van der Waals surface area (Å²) in [5.41, 5.74) is 3.63. The van der Waals surface area contributed by atoms with Gasteiger partial charge in [0.05, 0.1) is 17.1 Å². The number of benzene rings is 1. The number of thiazole rings is 1. The molecule has 0 fully saturated rings. The van der Waals surface area contributed by atoms with E-state index in [1.807, 2.05) is 43.7 Å². The Labute approximate surface area is 216 Å². The number of hydrogen-bond donors (Lipinski definition) is 1. The molecule has 0 spiro atoms. The van der Waals surface area contributed by atoms with Crippen LogP contribution in [0, 0.1) is 0 Å². The van der Waals surface area contributed by atoms with Gasteiger partial charge in [-0.25, -0.2) is 9.97 Å². The molecular weight excluding hydrogens is 534 g/mol. The summed E-state index contributed by atoms with van der Waals surface area (Å²) in [6, 6.07) is 7.90. The molecule has 7 nitrogen and oxygen atoms in total. The van der Waals surface area contributed by atoms with E-state index in [1.165, 1.54) is 23.1 Å². The zero-order valence-corrected chi connectivity index (χ0v) is 22.6. The van der Waals surface area contributed by atoms with Crippen molar-refractivity contribution in [2.24, 2.45) is 0 Å². The van der Waals surface area contributed by atoms with Gasteiger partial charge in [0.1, 0.15) is 0 Å². The molecule has 0 saturated carbocycles. The van der Waals surface area contributed by atoms with Crippen LogP contribution in [0.15, 0.2) is 44.1 Å². The molecule has 2 aromatic heterocycles. The van der Waals surface area contributed by atoms with E-state index in [2.05, 4.69) is 31.1 Å². The van der Waals surface area contributed by atoms with Gasteiger partial charge < -0.3 is 10.2 Å². The summed E-state index contributed by atoms with van der Waals surface area (Å²) in [6.45, 7) is 1.49. The van der Waals surface area contributed by atoms with Crippen molar-refractivity contribution in [3.05, 3.63) is 55.7 Å². The molecule has 180 valence electrons. The standard InChI is InChI=1S/C24H28BrN5O2S2/c1-29(2)11-6-12-30-22(32)18-9-3-4-10-19(18)27-24(30)34-15-21(31)28-23-26-20(14-33-23)16-7-5-8-17(25)13-16/h5,7-8,13-14H,3-4,6,9-12,15H2,1-2H3,(H,26,28,31). The van der Waals surface area contributed by atoms with Gasteiger partial charge in [-0.1, -0.05) is 39.8 Å². The zero-order valence-electron chi connectivity index (χ0n) is 19.3. The lowest BCUT2D eigenvalue weighted by molar-refractivity contribution is -0.113. The summed E-state index contributed by atoms with van der Waals surface area (Å²) in [5.74, 6) is 0.0111. The molecule has 0 unspecified atom stereocenters. The normalized spacial score (nSPS) is 13.2. The van der Waals surface area contributed by atoms with Crippen molar-refractivity contribution >= 4 is 50.1 Å². The lowest BCUT2D eigenvalue weighted by Crippen LogP contribution is -2.31. The quantitative estimate of drug-likeness (QED) is 0.301. The second kappa shape index (κ2) is 11.6. The fraction of sp³-hybridized carbons (Fsp3) is 0.417. The third-order valence-corrected chi connectivity index (χ3v) is 7.82. The van der Waals surface area contributed by atoms with Crippen LogP contribution in [0.3, 0.4) is 0 Å². The highest BCUT2D eigenvalue weighted by Crippen LogP contribution is 2.27. The van der Waals surface area contributed by atoms with Crippen molar-refractivity contribution in [1.82, 2.24) is 19.4 Å². The van der Waals surface area contributed by atoms with Gasteiger partial charge in [-0.05, 0) is 64.9 Å². The fourth-order valence-corrected chi connectivity index (χ4v) is 5.89. The lowest BCUT2D eigenvalue weighted by atomic mass is 9.97. The molecule has 4 rings (SSSR count). The van der Waals surface area contributed by atoms with E-state index in [-0.39, 0.29) is 17.2 Å². The van der Waals surface area contributed by atoms with E-state index < -0.39 is 0 Å². The molecule has 0 bridgehead atoms. The molecule has 0 aliphatic heterocycles. The Hall–Kier alpha value is -2.01. The number of aryl methyl sites for hydroxylation is 1. The molecule has 1 aliphatic carbocycles. The average molecular weight is 563 g/mol. The van der Waals surface area contributed by atoms with Gasteiger partial charge in [0.25, 0.3) is 5.56 Å². The summed E-state index contributed by atoms with van der Waals surface area (Å²) in [4.78, 5) is 37.3. The minimum atomic E-state index is -0.160. The smallest absolute Gasteiger partial charge is 0.257 e. The van der Waals surface area contributed by atoms with E-state index >= 15 is 0 Å². The molecular formula is C24H28BrN5O2S2. The van der Waals surface area contributed by atoms with Crippen LogP contribution in [0.5, 0.6) is 0 Å². The Morgan fingerprint density at radius 2 is 2.09 bits per heavy atom. The number of anilines is 1. The number of hydrogen-bond acceptors (Lipinski definition) is 7. The number of fused-ring (bicyclic) bond motifs is 1. The van der Waals surface area contributed by atoms with Crippen LogP contribution >= 0.6 is 39.0 Å². The molecule has 34 heavy (non-hydrogen) atoms. The van der Waals surface area contributed by atoms with E-state index in [1.54, 1.807) is 4.57 Å². The van der Waals surface area contributed by atoms with Gasteiger partial charge >= 0.3 is 0 Å². The number of halogens is 1. The van der Waals surface area contributed by atoms with Gasteiger partial charge in [-0.3, -0.25) is 14.2 Å². The Bertz CT molecular complexity index is 1220. The van der Waals surface area contributed by atoms with Gasteiger partial charge in [0.2, 0.25) is 5.91 Å². The second-order valence-electron chi connectivity index (χ2n) is 8.53. The summed E-state index contributed by atoms with van der Waals surface area (Å²) in [5, 5.41) is 6.00. The van der Waals surface area contributed by atoms with Crippen LogP contribution in [0.1, 0.15) is 30.5 Å². The second-order valence-corrected chi connectivity index (χ2v) is 11.2. The van der Waals surface area contributed by atoms with Crippen LogP contribution in [0.4, 0.5) is 5.13 Å². The molecule has 1 aliphatic rings. The van der Waals surface area contributed by atoms with Crippen molar-refractivity contribution in [1.29, 1.82) is 0 Å². The predicted molar refractivity (Wildman–Crippen MR) is 143 cm³/mol. The van der Waals surface area contributed by atoms with Crippen LogP contribution in [0.2, 0.25) is 0 Å². The minimum absolute atomic E-state index is 0.0601. The molecule has 0 radical (unpaired) electrons. The van der Waals surface area contributed by atoms with Crippen molar-refractivity contribution < 1.29 is 4.79 Å². The SMILES string of the molecule is CN(C)CCCn1c(SCC(=O)Nc2nc(-c3cccc(Br)c3)cs2)nc2c(c1=O)CCCC2. The van der Waals surface area contributed by atoms with Crippen LogP contribution < -0.4 is 10.9 Å². The molecule has 0 saturated heterocycles. The Kier molecular flexibility index (Phi) is 8.57. The summed E-state index contributed by atoms with van der Waals surface area (Å²) in [6.07, 6.45) is 4.57. The number of nitrogens with one attached hydrogen (secondary N) is 1. The Morgan fingerprint density at radius 1 is 1.26 bits per heavy atom. The molecule has 2 heterocycles. The number of nitrogens with zero attached hydrogens (tertiary/aromatic N) is 4. The van der Waals surface area contributed by atoms with Gasteiger partial charge in [-0.15, -0.1) is 11.3 Å². The number of rotatable bonds is 9. The van der Waals surface area contributed by atoms with Crippen LogP contribution in [-0.2, 0) is 24.2 Å². The molecule has 1 N–H and O–H groups in total. The van der Waals surface area contributed by atoms with E-state index in [0.29, 0.717) is 16.8 Å². The summed E-state index contributed by atoms with van der Waals surface area (Å²) in [7, 11) is 4.04. The first-order valence-corrected chi connectivity index (χ1v) is 14.0. The average Bonchev–Trinajstić information content (AvgIpc) is 3.27. The van der Waals surface area contributed by atoms with Crippen LogP contribution in [0.25, 0.3) is 11.3 Å². The first-order valence-electron chi connectivity index (χ1n) is 11.3. The van der Waals surface area contributed by atoms with Crippen molar-refractivity contribution in [3.8, 4) is 11.3 Å². The Balaban J connectivity index is 1.44. The fourth-order valence-electron chi connectivity index (χ4n) is 3.92. The van der Waals surface area contributed by atoms with E-state index in [0.717, 1.165) is 65.6 Å². The van der Waals surface area contributed by atoms with E-state index in [9.17, 15) is 9.59 Å². The maximum atomic E-state index is 13.2. The topological polar surface area (TPSA) is 80.1 Å². The van der Waals surface area contributed by atoms with Crippen LogP contribution in [-0.4, -0.2) is 51.7 Å². The van der Waals surface area contributed by atoms with Crippen molar-refractivity contribution in [3.63, 3.8) is 0 Å². The number of carbonyl (C=O) groups is 1. The Morgan fingerprint density at radius 3 is 2.88 bits per heavy atom. The van der Waals surface area contributed by atoms with Crippen molar-refractivity contribution in [2.45, 2.75) is 43.8 Å². The highest BCUT2D eigenvalue weighted by atomic mass is 79.9. The van der Waals surface area contributed by atoms with Gasteiger partial charge in [-0.2, -0.15) is 0 Å². The molecule has 0 atom stereocenters.